The molecule has 0 aliphatic carbocycles. The molecule has 0 radical (unpaired) electrons. The molecule has 0 fully saturated rings. The summed E-state index contributed by atoms with van der Waals surface area (Å²) in [6.45, 7) is 1.17. The number of carbonyl (C=O) groups is 1. The van der Waals surface area contributed by atoms with Gasteiger partial charge in [0.15, 0.2) is 15.5 Å². The van der Waals surface area contributed by atoms with Crippen molar-refractivity contribution < 1.29 is 31.5 Å². The fourth-order valence-corrected chi connectivity index (χ4v) is 2.81. The molecule has 0 aliphatic rings. The Morgan fingerprint density at radius 2 is 2.10 bits per heavy atom. The Hall–Kier alpha value is -1.23. The van der Waals surface area contributed by atoms with E-state index in [9.17, 15) is 26.4 Å². The van der Waals surface area contributed by atoms with E-state index in [1.54, 1.807) is 0 Å². The van der Waals surface area contributed by atoms with Gasteiger partial charge in [0, 0.05) is 11.8 Å². The zero-order valence-corrected chi connectivity index (χ0v) is 12.6. The number of carboxylic acid groups (broad SMARTS) is 1. The van der Waals surface area contributed by atoms with E-state index in [1.165, 1.54) is 6.92 Å². The average Bonchev–Trinajstić information content (AvgIpc) is 2.77. The van der Waals surface area contributed by atoms with Crippen LogP contribution in [0.15, 0.2) is 11.1 Å². The first-order chi connectivity index (χ1) is 9.55. The van der Waals surface area contributed by atoms with Crippen molar-refractivity contribution in [3.8, 4) is 0 Å². The number of sulfone groups is 1. The van der Waals surface area contributed by atoms with Crippen LogP contribution >= 0.6 is 11.8 Å². The van der Waals surface area contributed by atoms with E-state index >= 15 is 0 Å². The van der Waals surface area contributed by atoms with E-state index in [0.29, 0.717) is 17.8 Å². The molecule has 1 rings (SSSR count). The molecule has 0 saturated carbocycles. The third kappa shape index (κ3) is 5.58. The molecule has 0 aromatic carbocycles. The summed E-state index contributed by atoms with van der Waals surface area (Å²) in [6.07, 6.45) is -4.67. The number of alkyl halides is 3. The number of aryl methyl sites for hydroxylation is 1. The maximum atomic E-state index is 12.6. The predicted octanol–water partition coefficient (Wildman–Crippen LogP) is 1.51. The van der Waals surface area contributed by atoms with Crippen LogP contribution in [0.3, 0.4) is 0 Å². The Labute approximate surface area is 123 Å². The second-order valence-corrected chi connectivity index (χ2v) is 7.48. The quantitative estimate of drug-likeness (QED) is 0.753. The fraction of sp³-hybridized carbons (Fsp3) is 0.600. The molecule has 0 bridgehead atoms. The second kappa shape index (κ2) is 6.69. The van der Waals surface area contributed by atoms with Gasteiger partial charge >= 0.3 is 12.1 Å². The Bertz CT molecular complexity index is 610. The van der Waals surface area contributed by atoms with Crippen molar-refractivity contribution in [2.75, 3.05) is 17.3 Å². The monoisotopic (exact) mass is 346 g/mol. The summed E-state index contributed by atoms with van der Waals surface area (Å²) in [7, 11) is -3.36. The zero-order valence-electron chi connectivity index (χ0n) is 10.9. The molecule has 1 heterocycles. The van der Waals surface area contributed by atoms with Crippen LogP contribution in [-0.2, 0) is 27.4 Å². The molecule has 0 amide bonds. The number of thioether (sulfide) groups is 1. The molecule has 1 aromatic heterocycles. The highest BCUT2D eigenvalue weighted by Gasteiger charge is 2.35. The van der Waals surface area contributed by atoms with Crippen LogP contribution in [0.4, 0.5) is 13.2 Å². The summed E-state index contributed by atoms with van der Waals surface area (Å²) < 4.78 is 61.5. The second-order valence-electron chi connectivity index (χ2n) is 4.01. The molecule has 1 N–H and O–H groups in total. The van der Waals surface area contributed by atoms with Crippen LogP contribution in [-0.4, -0.2) is 46.5 Å². The number of hydrogen-bond acceptors (Lipinski definition) is 5. The topological polar surface area (TPSA) is 89.3 Å². The van der Waals surface area contributed by atoms with Gasteiger partial charge in [0.1, 0.15) is 0 Å². The van der Waals surface area contributed by atoms with Crippen molar-refractivity contribution in [3.05, 3.63) is 11.8 Å². The van der Waals surface area contributed by atoms with Crippen LogP contribution in [0.2, 0.25) is 0 Å². The number of nitrogens with zero attached hydrogens (tertiary/aromatic N) is 2. The van der Waals surface area contributed by atoms with E-state index < -0.39 is 33.4 Å². The number of aromatic nitrogens is 2. The van der Waals surface area contributed by atoms with Gasteiger partial charge in [0.2, 0.25) is 0 Å². The van der Waals surface area contributed by atoms with E-state index in [-0.39, 0.29) is 23.1 Å². The molecule has 1 aromatic rings. The number of carboxylic acids is 1. The first-order valence-electron chi connectivity index (χ1n) is 5.75. The highest BCUT2D eigenvalue weighted by atomic mass is 32.2. The lowest BCUT2D eigenvalue weighted by Gasteiger charge is -2.06. The molecule has 0 spiro atoms. The maximum Gasteiger partial charge on any atom is 0.435 e. The summed E-state index contributed by atoms with van der Waals surface area (Å²) in [5.41, 5.74) is -1.18. The summed E-state index contributed by atoms with van der Waals surface area (Å²) in [6, 6.07) is 0.714. The van der Waals surface area contributed by atoms with Crippen molar-refractivity contribution in [1.82, 2.24) is 9.78 Å². The molecule has 0 saturated heterocycles. The van der Waals surface area contributed by atoms with E-state index in [1.807, 2.05) is 0 Å². The van der Waals surface area contributed by atoms with Crippen molar-refractivity contribution in [1.29, 1.82) is 0 Å². The van der Waals surface area contributed by atoms with Gasteiger partial charge in [0.25, 0.3) is 0 Å². The normalized spacial score (nSPS) is 12.6. The third-order valence-electron chi connectivity index (χ3n) is 2.43. The summed E-state index contributed by atoms with van der Waals surface area (Å²) >= 11 is 0.656. The van der Waals surface area contributed by atoms with Crippen molar-refractivity contribution >= 4 is 27.6 Å². The van der Waals surface area contributed by atoms with Crippen LogP contribution in [0.5, 0.6) is 0 Å². The molecule has 6 nitrogen and oxygen atoms in total. The van der Waals surface area contributed by atoms with Gasteiger partial charge in [-0.3, -0.25) is 9.48 Å². The van der Waals surface area contributed by atoms with Crippen molar-refractivity contribution in [2.45, 2.75) is 24.7 Å². The Morgan fingerprint density at radius 3 is 2.57 bits per heavy atom. The smallest absolute Gasteiger partial charge is 0.435 e. The zero-order chi connectivity index (χ0) is 16.3. The molecular weight excluding hydrogens is 333 g/mol. The third-order valence-corrected chi connectivity index (χ3v) is 5.13. The first-order valence-corrected chi connectivity index (χ1v) is 8.56. The van der Waals surface area contributed by atoms with E-state index in [4.69, 9.17) is 5.11 Å². The number of hydrogen-bond donors (Lipinski definition) is 1. The van der Waals surface area contributed by atoms with Crippen LogP contribution in [0, 0.1) is 0 Å². The largest absolute Gasteiger partial charge is 0.481 e. The highest BCUT2D eigenvalue weighted by molar-refractivity contribution is 7.99. The summed E-state index contributed by atoms with van der Waals surface area (Å²) in [5.74, 6) is -2.12. The minimum absolute atomic E-state index is 0.0315. The van der Waals surface area contributed by atoms with Crippen molar-refractivity contribution in [3.63, 3.8) is 0 Å². The average molecular weight is 346 g/mol. The van der Waals surface area contributed by atoms with Gasteiger partial charge in [-0.2, -0.15) is 18.3 Å². The van der Waals surface area contributed by atoms with Crippen LogP contribution in [0.1, 0.15) is 12.6 Å². The predicted molar refractivity (Wildman–Crippen MR) is 69.9 cm³/mol. The lowest BCUT2D eigenvalue weighted by Crippen LogP contribution is -2.17. The maximum absolute atomic E-state index is 12.6. The van der Waals surface area contributed by atoms with Gasteiger partial charge < -0.3 is 5.11 Å². The fourth-order valence-electron chi connectivity index (χ4n) is 1.32. The Kier molecular flexibility index (Phi) is 5.68. The molecule has 0 atom stereocenters. The minimum Gasteiger partial charge on any atom is -0.481 e. The molecule has 0 aliphatic heterocycles. The molecule has 11 heteroatoms. The lowest BCUT2D eigenvalue weighted by molar-refractivity contribution is -0.141. The van der Waals surface area contributed by atoms with Gasteiger partial charge in [0.05, 0.1) is 23.1 Å². The SMILES string of the molecule is CCS(=O)(=O)CCn1nc(C(F)(F)F)cc1SCC(=O)O. The van der Waals surface area contributed by atoms with Gasteiger partial charge in [-0.15, -0.1) is 0 Å². The van der Waals surface area contributed by atoms with Crippen molar-refractivity contribution in [2.24, 2.45) is 0 Å². The summed E-state index contributed by atoms with van der Waals surface area (Å²) in [5, 5.41) is 11.8. The molecule has 120 valence electrons. The molecular formula is C10H13F3N2O4S2. The van der Waals surface area contributed by atoms with Crippen LogP contribution in [0.25, 0.3) is 0 Å². The van der Waals surface area contributed by atoms with Gasteiger partial charge in [-0.05, 0) is 0 Å². The number of aliphatic carboxylic acids is 1. The number of halogens is 3. The minimum atomic E-state index is -4.67. The number of rotatable bonds is 7. The lowest BCUT2D eigenvalue weighted by atomic mass is 10.4. The van der Waals surface area contributed by atoms with Gasteiger partial charge in [-0.1, -0.05) is 18.7 Å². The first kappa shape index (κ1) is 17.8. The van der Waals surface area contributed by atoms with Crippen LogP contribution < -0.4 is 0 Å². The molecule has 0 unspecified atom stereocenters. The molecule has 21 heavy (non-hydrogen) atoms. The standard InChI is InChI=1S/C10H13F3N2O4S2/c1-2-21(18,19)4-3-15-8(20-6-9(16)17)5-7(14-15)10(11,12)13/h5H,2-4,6H2,1H3,(H,16,17). The van der Waals surface area contributed by atoms with E-state index in [2.05, 4.69) is 5.10 Å². The van der Waals surface area contributed by atoms with E-state index in [0.717, 1.165) is 4.68 Å². The Morgan fingerprint density at radius 1 is 1.48 bits per heavy atom. The highest BCUT2D eigenvalue weighted by Crippen LogP contribution is 2.31. The van der Waals surface area contributed by atoms with Gasteiger partial charge in [-0.25, -0.2) is 8.42 Å². The summed E-state index contributed by atoms with van der Waals surface area (Å²) in [4.78, 5) is 10.5. The Balaban J connectivity index is 2.98.